The molecule has 3 aliphatic rings. The van der Waals surface area contributed by atoms with Crippen LogP contribution in [0.15, 0.2) is 54.6 Å². The fourth-order valence-corrected chi connectivity index (χ4v) is 6.79. The number of alkyl halides is 3. The van der Waals surface area contributed by atoms with Gasteiger partial charge in [0.2, 0.25) is 5.91 Å². The monoisotopic (exact) mass is 510 g/mol. The lowest BCUT2D eigenvalue weighted by Crippen LogP contribution is -2.46. The van der Waals surface area contributed by atoms with Crippen LogP contribution in [-0.4, -0.2) is 45.2 Å². The summed E-state index contributed by atoms with van der Waals surface area (Å²) < 4.78 is 43.2. The molecule has 3 fully saturated rings. The second-order valence-corrected chi connectivity index (χ2v) is 11.1. The third-order valence-electron chi connectivity index (χ3n) is 8.91. The number of rotatable bonds is 7. The number of carbonyl (C=O) groups is 1. The summed E-state index contributed by atoms with van der Waals surface area (Å²) in [6.45, 7) is 2.83. The van der Waals surface area contributed by atoms with Crippen molar-refractivity contribution >= 4 is 16.9 Å². The van der Waals surface area contributed by atoms with Gasteiger partial charge >= 0.3 is 6.18 Å². The van der Waals surface area contributed by atoms with Crippen molar-refractivity contribution in [2.75, 3.05) is 6.54 Å². The van der Waals surface area contributed by atoms with Crippen molar-refractivity contribution in [2.24, 2.45) is 5.41 Å². The molecule has 196 valence electrons. The fourth-order valence-electron chi connectivity index (χ4n) is 6.79. The molecule has 5 nitrogen and oxygen atoms in total. The fraction of sp³-hybridized carbons (Fsp3) is 0.517. The minimum absolute atomic E-state index is 0.121. The first kappa shape index (κ1) is 24.5. The first-order valence-corrected chi connectivity index (χ1v) is 13.4. The molecule has 6 rings (SSSR count). The number of fused-ring (bicyclic) bond motifs is 3. The van der Waals surface area contributed by atoms with E-state index in [1.807, 2.05) is 36.4 Å². The van der Waals surface area contributed by atoms with Crippen LogP contribution in [0.4, 0.5) is 13.2 Å². The lowest BCUT2D eigenvalue weighted by molar-refractivity contribution is -0.192. The highest BCUT2D eigenvalue weighted by Crippen LogP contribution is 2.58. The van der Waals surface area contributed by atoms with Gasteiger partial charge in [0, 0.05) is 24.7 Å². The first-order valence-electron chi connectivity index (χ1n) is 13.4. The van der Waals surface area contributed by atoms with Gasteiger partial charge in [-0.1, -0.05) is 42.5 Å². The summed E-state index contributed by atoms with van der Waals surface area (Å²) in [6, 6.07) is 18.5. The Labute approximate surface area is 215 Å². The average Bonchev–Trinajstić information content (AvgIpc) is 3.59. The van der Waals surface area contributed by atoms with Crippen LogP contribution in [-0.2, 0) is 4.79 Å². The third-order valence-corrected chi connectivity index (χ3v) is 8.91. The summed E-state index contributed by atoms with van der Waals surface area (Å²) in [5.74, 6) is 0.169. The zero-order valence-corrected chi connectivity index (χ0v) is 21.0. The van der Waals surface area contributed by atoms with Gasteiger partial charge in [-0.25, -0.2) is 4.98 Å². The highest BCUT2D eigenvalue weighted by Gasteiger charge is 2.68. The van der Waals surface area contributed by atoms with Gasteiger partial charge in [0.15, 0.2) is 0 Å². The molecule has 2 unspecified atom stereocenters. The summed E-state index contributed by atoms with van der Waals surface area (Å²) in [6.07, 6.45) is 0.185. The van der Waals surface area contributed by atoms with Crippen LogP contribution < -0.4 is 5.32 Å². The second kappa shape index (κ2) is 9.15. The number of halogens is 3. The van der Waals surface area contributed by atoms with Crippen molar-refractivity contribution in [1.29, 1.82) is 0 Å². The van der Waals surface area contributed by atoms with Crippen LogP contribution in [0.25, 0.3) is 11.0 Å². The molecule has 0 radical (unpaired) electrons. The molecule has 2 aliphatic heterocycles. The number of hydrogen-bond donors (Lipinski definition) is 1. The van der Waals surface area contributed by atoms with E-state index in [0.717, 1.165) is 49.1 Å². The summed E-state index contributed by atoms with van der Waals surface area (Å²) in [4.78, 5) is 20.1. The number of amides is 1. The molecular weight excluding hydrogens is 477 g/mol. The molecule has 1 amide bonds. The molecule has 1 aliphatic carbocycles. The number of aryl methyl sites for hydroxylation is 1. The summed E-state index contributed by atoms with van der Waals surface area (Å²) in [5, 5.41) is 2.79. The molecule has 8 heteroatoms. The van der Waals surface area contributed by atoms with E-state index < -0.39 is 23.5 Å². The largest absolute Gasteiger partial charge is 0.403 e. The van der Waals surface area contributed by atoms with Crippen LogP contribution in [0.1, 0.15) is 68.4 Å². The number of imidazole rings is 1. The highest BCUT2D eigenvalue weighted by molar-refractivity contribution is 5.86. The number of para-hydroxylation sites is 2. The number of nitrogens with one attached hydrogen (secondary N) is 1. The van der Waals surface area contributed by atoms with Gasteiger partial charge in [-0.3, -0.25) is 9.69 Å². The van der Waals surface area contributed by atoms with Gasteiger partial charge in [-0.2, -0.15) is 13.2 Å². The molecule has 1 N–H and O–H groups in total. The predicted octanol–water partition coefficient (Wildman–Crippen LogP) is 6.10. The van der Waals surface area contributed by atoms with E-state index in [1.54, 1.807) is 0 Å². The standard InChI is InChI=1S/C29H33F3N4O/c1-19-33-25-9-5-6-10-26(25)36(19)23-17-21-11-12-22(18-23)35(21)16-13-24(20-7-3-2-4-8-20)34-27(37)28(14-15-28)29(30,31)32/h2-10,21-24H,11-18H2,1H3,(H,34,37)/t21?,22?,23?,24-/m0/s1. The lowest BCUT2D eigenvalue weighted by atomic mass is 9.95. The molecule has 1 aromatic heterocycles. The molecule has 3 atom stereocenters. The van der Waals surface area contributed by atoms with E-state index in [2.05, 4.69) is 39.9 Å². The molecule has 37 heavy (non-hydrogen) atoms. The molecule has 0 spiro atoms. The van der Waals surface area contributed by atoms with Crippen LogP contribution in [0.2, 0.25) is 0 Å². The molecular formula is C29H33F3N4O. The SMILES string of the molecule is Cc1nc2ccccc2n1C1CC2CCC(C1)N2CC[C@H](NC(=O)C1(C(F)(F)F)CC1)c1ccccc1. The van der Waals surface area contributed by atoms with Crippen molar-refractivity contribution < 1.29 is 18.0 Å². The Morgan fingerprint density at radius 2 is 1.68 bits per heavy atom. The Balaban J connectivity index is 1.16. The van der Waals surface area contributed by atoms with Gasteiger partial charge in [-0.05, 0) is 69.6 Å². The Morgan fingerprint density at radius 3 is 2.32 bits per heavy atom. The van der Waals surface area contributed by atoms with E-state index in [1.165, 1.54) is 5.52 Å². The van der Waals surface area contributed by atoms with E-state index in [-0.39, 0.29) is 12.8 Å². The van der Waals surface area contributed by atoms with E-state index in [9.17, 15) is 18.0 Å². The summed E-state index contributed by atoms with van der Waals surface area (Å²) >= 11 is 0. The quantitative estimate of drug-likeness (QED) is 0.418. The molecule has 2 saturated heterocycles. The smallest absolute Gasteiger partial charge is 0.348 e. The molecule has 2 bridgehead atoms. The van der Waals surface area contributed by atoms with Crippen molar-refractivity contribution in [3.05, 3.63) is 66.0 Å². The van der Waals surface area contributed by atoms with Gasteiger partial charge < -0.3 is 9.88 Å². The van der Waals surface area contributed by atoms with E-state index in [4.69, 9.17) is 4.98 Å². The molecule has 3 heterocycles. The Morgan fingerprint density at radius 1 is 1.03 bits per heavy atom. The topological polar surface area (TPSA) is 50.2 Å². The van der Waals surface area contributed by atoms with Gasteiger partial charge in [-0.15, -0.1) is 0 Å². The average molecular weight is 511 g/mol. The van der Waals surface area contributed by atoms with Crippen molar-refractivity contribution in [3.63, 3.8) is 0 Å². The maximum Gasteiger partial charge on any atom is 0.403 e. The third kappa shape index (κ3) is 4.33. The molecule has 3 aromatic rings. The zero-order valence-electron chi connectivity index (χ0n) is 21.0. The van der Waals surface area contributed by atoms with Crippen molar-refractivity contribution in [1.82, 2.24) is 19.8 Å². The second-order valence-electron chi connectivity index (χ2n) is 11.1. The number of carbonyl (C=O) groups excluding carboxylic acids is 1. The normalized spacial score (nSPS) is 25.8. The van der Waals surface area contributed by atoms with Gasteiger partial charge in [0.05, 0.1) is 17.1 Å². The maximum absolute atomic E-state index is 13.6. The summed E-state index contributed by atoms with van der Waals surface area (Å²) in [5.41, 5.74) is 0.867. The van der Waals surface area contributed by atoms with Crippen LogP contribution in [0, 0.1) is 12.3 Å². The van der Waals surface area contributed by atoms with Crippen LogP contribution >= 0.6 is 0 Å². The number of nitrogens with zero attached hydrogens (tertiary/aromatic N) is 3. The van der Waals surface area contributed by atoms with Gasteiger partial charge in [0.1, 0.15) is 11.2 Å². The van der Waals surface area contributed by atoms with Crippen molar-refractivity contribution in [3.8, 4) is 0 Å². The summed E-state index contributed by atoms with van der Waals surface area (Å²) in [7, 11) is 0. The Kier molecular flexibility index (Phi) is 6.05. The maximum atomic E-state index is 13.6. The van der Waals surface area contributed by atoms with E-state index >= 15 is 0 Å². The lowest BCUT2D eigenvalue weighted by Gasteiger charge is -2.40. The minimum atomic E-state index is -4.51. The predicted molar refractivity (Wildman–Crippen MR) is 136 cm³/mol. The number of aromatic nitrogens is 2. The van der Waals surface area contributed by atoms with Gasteiger partial charge in [0.25, 0.3) is 0 Å². The van der Waals surface area contributed by atoms with Crippen LogP contribution in [0.3, 0.4) is 0 Å². The number of benzene rings is 2. The first-order chi connectivity index (χ1) is 17.8. The zero-order chi connectivity index (χ0) is 25.8. The molecule has 1 saturated carbocycles. The Hall–Kier alpha value is -2.87. The van der Waals surface area contributed by atoms with E-state index in [0.29, 0.717) is 24.5 Å². The number of piperidine rings is 1. The van der Waals surface area contributed by atoms with Crippen LogP contribution in [0.5, 0.6) is 0 Å². The minimum Gasteiger partial charge on any atom is -0.348 e. The number of hydrogen-bond acceptors (Lipinski definition) is 3. The Bertz CT molecular complexity index is 1270. The molecule has 2 aromatic carbocycles. The highest BCUT2D eigenvalue weighted by atomic mass is 19.4. The van der Waals surface area contributed by atoms with Crippen molar-refractivity contribution in [2.45, 2.75) is 82.2 Å².